The van der Waals surface area contributed by atoms with Crippen LogP contribution in [-0.2, 0) is 4.79 Å². The lowest BCUT2D eigenvalue weighted by molar-refractivity contribution is -0.104. The van der Waals surface area contributed by atoms with E-state index in [0.717, 1.165) is 6.07 Å². The van der Waals surface area contributed by atoms with E-state index in [1.54, 1.807) is 24.3 Å². The molecule has 0 aliphatic heterocycles. The fourth-order valence-corrected chi connectivity index (χ4v) is 2.71. The number of carbonyl (C=O) groups is 4. The molecule has 3 aromatic rings. The highest BCUT2D eigenvalue weighted by atomic mass is 16.6. The van der Waals surface area contributed by atoms with Crippen molar-refractivity contribution >= 4 is 24.0 Å². The molecule has 162 valence electrons. The van der Waals surface area contributed by atoms with E-state index in [-0.39, 0.29) is 34.5 Å². The number of methoxy groups -OCH3 is 2. The minimum atomic E-state index is -0.825. The number of hydrogen-bond acceptors (Lipinski definition) is 8. The van der Waals surface area contributed by atoms with E-state index in [0.29, 0.717) is 11.5 Å². The molecule has 0 N–H and O–H groups in total. The number of hydrogen-bond donors (Lipinski definition) is 0. The molecule has 3 rings (SSSR count). The average molecular weight is 434 g/mol. The number of benzene rings is 3. The van der Waals surface area contributed by atoms with Crippen LogP contribution in [0.5, 0.6) is 23.0 Å². The first-order valence-corrected chi connectivity index (χ1v) is 9.31. The van der Waals surface area contributed by atoms with Gasteiger partial charge in [0.15, 0.2) is 17.8 Å². The highest BCUT2D eigenvalue weighted by Crippen LogP contribution is 2.31. The molecule has 3 aromatic carbocycles. The summed E-state index contributed by atoms with van der Waals surface area (Å²) in [6.07, 6.45) is 0.130. The summed E-state index contributed by atoms with van der Waals surface area (Å²) in [7, 11) is 2.92. The highest BCUT2D eigenvalue weighted by molar-refractivity contribution is 6.33. The van der Waals surface area contributed by atoms with Crippen molar-refractivity contribution in [1.82, 2.24) is 0 Å². The van der Waals surface area contributed by atoms with Crippen LogP contribution in [0.3, 0.4) is 0 Å². The van der Waals surface area contributed by atoms with Crippen LogP contribution in [0.2, 0.25) is 0 Å². The maximum absolute atomic E-state index is 12.6. The molecule has 0 amide bonds. The first-order chi connectivity index (χ1) is 15.4. The number of ether oxygens (including phenoxy) is 4. The molecule has 0 bridgehead atoms. The summed E-state index contributed by atoms with van der Waals surface area (Å²) in [5, 5.41) is 0. The van der Waals surface area contributed by atoms with Crippen molar-refractivity contribution in [2.24, 2.45) is 0 Å². The third-order valence-electron chi connectivity index (χ3n) is 4.35. The van der Waals surface area contributed by atoms with Crippen LogP contribution in [0.25, 0.3) is 0 Å². The van der Waals surface area contributed by atoms with Gasteiger partial charge < -0.3 is 18.9 Å². The molecule has 8 heteroatoms. The number of Topliss-reactive ketones (excluding diaryl/α,β-unsaturated/α-hetero) is 1. The summed E-state index contributed by atoms with van der Waals surface area (Å²) in [6, 6.07) is 16.2. The molecular formula is C24H18O8. The van der Waals surface area contributed by atoms with E-state index in [1.807, 2.05) is 0 Å². The van der Waals surface area contributed by atoms with E-state index in [4.69, 9.17) is 18.9 Å². The summed E-state index contributed by atoms with van der Waals surface area (Å²) in [5.74, 6) is -1.77. The lowest BCUT2D eigenvalue weighted by atomic mass is 10.1. The van der Waals surface area contributed by atoms with Crippen molar-refractivity contribution in [3.63, 3.8) is 0 Å². The fourth-order valence-electron chi connectivity index (χ4n) is 2.71. The molecule has 32 heavy (non-hydrogen) atoms. The SMILES string of the molecule is COc1cccc(C(=O)Oc2ccc(C(=O)C=O)cc2OC(=O)c2cccc(OC)c2)c1. The maximum atomic E-state index is 12.6. The number of aldehydes is 1. The zero-order valence-corrected chi connectivity index (χ0v) is 17.2. The quantitative estimate of drug-likeness (QED) is 0.174. The van der Waals surface area contributed by atoms with Gasteiger partial charge in [0.25, 0.3) is 0 Å². The molecule has 0 unspecified atom stereocenters. The predicted molar refractivity (Wildman–Crippen MR) is 113 cm³/mol. The summed E-state index contributed by atoms with van der Waals surface area (Å²) in [4.78, 5) is 47.9. The van der Waals surface area contributed by atoms with Crippen molar-refractivity contribution in [3.05, 3.63) is 83.4 Å². The Morgan fingerprint density at radius 3 is 1.69 bits per heavy atom. The van der Waals surface area contributed by atoms with E-state index in [1.165, 1.54) is 50.6 Å². The first-order valence-electron chi connectivity index (χ1n) is 9.31. The monoisotopic (exact) mass is 434 g/mol. The molecule has 0 radical (unpaired) electrons. The Morgan fingerprint density at radius 2 is 1.19 bits per heavy atom. The van der Waals surface area contributed by atoms with Crippen LogP contribution in [0.15, 0.2) is 66.7 Å². The summed E-state index contributed by atoms with van der Waals surface area (Å²) in [5.41, 5.74) is 0.332. The van der Waals surface area contributed by atoms with Gasteiger partial charge in [0.2, 0.25) is 5.78 Å². The number of ketones is 1. The first kappa shape index (κ1) is 22.2. The van der Waals surface area contributed by atoms with Gasteiger partial charge in [-0.05, 0) is 54.6 Å². The normalized spacial score (nSPS) is 10.1. The maximum Gasteiger partial charge on any atom is 0.343 e. The lowest BCUT2D eigenvalue weighted by Gasteiger charge is -2.12. The Hall–Kier alpha value is -4.46. The Bertz CT molecular complexity index is 1180. The van der Waals surface area contributed by atoms with Gasteiger partial charge in [-0.3, -0.25) is 9.59 Å². The minimum absolute atomic E-state index is 0.0328. The fraction of sp³-hybridized carbons (Fsp3) is 0.0833. The molecular weight excluding hydrogens is 416 g/mol. The molecule has 0 atom stereocenters. The smallest absolute Gasteiger partial charge is 0.343 e. The van der Waals surface area contributed by atoms with E-state index < -0.39 is 17.7 Å². The molecule has 0 heterocycles. The van der Waals surface area contributed by atoms with Gasteiger partial charge in [-0.15, -0.1) is 0 Å². The van der Waals surface area contributed by atoms with Crippen molar-refractivity contribution < 1.29 is 38.1 Å². The summed E-state index contributed by atoms with van der Waals surface area (Å²) < 4.78 is 21.0. The van der Waals surface area contributed by atoms with E-state index in [9.17, 15) is 19.2 Å². The zero-order valence-electron chi connectivity index (χ0n) is 17.2. The Balaban J connectivity index is 1.93. The zero-order chi connectivity index (χ0) is 23.1. The van der Waals surface area contributed by atoms with Crippen molar-refractivity contribution in [2.75, 3.05) is 14.2 Å². The van der Waals surface area contributed by atoms with Crippen molar-refractivity contribution in [1.29, 1.82) is 0 Å². The number of esters is 2. The topological polar surface area (TPSA) is 105 Å². The van der Waals surface area contributed by atoms with Crippen molar-refractivity contribution in [2.45, 2.75) is 0 Å². The Kier molecular flexibility index (Phi) is 6.97. The van der Waals surface area contributed by atoms with Crippen LogP contribution >= 0.6 is 0 Å². The highest BCUT2D eigenvalue weighted by Gasteiger charge is 2.19. The summed E-state index contributed by atoms with van der Waals surface area (Å²) >= 11 is 0. The van der Waals surface area contributed by atoms with Crippen LogP contribution in [-0.4, -0.2) is 38.2 Å². The number of carbonyl (C=O) groups excluding carboxylic acids is 4. The third kappa shape index (κ3) is 5.17. The summed E-state index contributed by atoms with van der Waals surface area (Å²) in [6.45, 7) is 0. The van der Waals surface area contributed by atoms with Gasteiger partial charge in [-0.1, -0.05) is 12.1 Å². The molecule has 0 saturated carbocycles. The second kappa shape index (κ2) is 10.0. The van der Waals surface area contributed by atoms with Crippen LogP contribution in [0.4, 0.5) is 0 Å². The van der Waals surface area contributed by atoms with Gasteiger partial charge in [-0.25, -0.2) is 9.59 Å². The standard InChI is InChI=1S/C24H18O8/c1-29-18-7-3-5-16(11-18)23(27)31-21-10-9-15(20(26)14-25)13-22(21)32-24(28)17-6-4-8-19(12-17)30-2/h3-14H,1-2H3. The Labute approximate surface area is 183 Å². The van der Waals surface area contributed by atoms with Gasteiger partial charge in [0.1, 0.15) is 11.5 Å². The molecule has 8 nitrogen and oxygen atoms in total. The second-order valence-electron chi connectivity index (χ2n) is 6.39. The van der Waals surface area contributed by atoms with Crippen molar-refractivity contribution in [3.8, 4) is 23.0 Å². The van der Waals surface area contributed by atoms with Crippen LogP contribution < -0.4 is 18.9 Å². The van der Waals surface area contributed by atoms with Gasteiger partial charge in [0, 0.05) is 5.56 Å². The lowest BCUT2D eigenvalue weighted by Crippen LogP contribution is -2.13. The average Bonchev–Trinajstić information content (AvgIpc) is 2.84. The van der Waals surface area contributed by atoms with E-state index in [2.05, 4.69) is 0 Å². The second-order valence-corrected chi connectivity index (χ2v) is 6.39. The van der Waals surface area contributed by atoms with Gasteiger partial charge in [-0.2, -0.15) is 0 Å². The third-order valence-corrected chi connectivity index (χ3v) is 4.35. The molecule has 0 spiro atoms. The number of rotatable bonds is 8. The molecule has 0 aliphatic carbocycles. The minimum Gasteiger partial charge on any atom is -0.497 e. The predicted octanol–water partition coefficient (Wildman–Crippen LogP) is 3.52. The van der Waals surface area contributed by atoms with E-state index >= 15 is 0 Å². The molecule has 0 saturated heterocycles. The van der Waals surface area contributed by atoms with Gasteiger partial charge >= 0.3 is 11.9 Å². The molecule has 0 aromatic heterocycles. The van der Waals surface area contributed by atoms with Gasteiger partial charge in [0.05, 0.1) is 25.3 Å². The van der Waals surface area contributed by atoms with Crippen LogP contribution in [0.1, 0.15) is 31.1 Å². The largest absolute Gasteiger partial charge is 0.497 e. The molecule has 0 fully saturated rings. The van der Waals surface area contributed by atoms with Crippen LogP contribution in [0, 0.1) is 0 Å². The Morgan fingerprint density at radius 1 is 0.656 bits per heavy atom. The molecule has 0 aliphatic rings.